The zero-order valence-corrected chi connectivity index (χ0v) is 15.2. The van der Waals surface area contributed by atoms with E-state index in [1.54, 1.807) is 48.4 Å². The summed E-state index contributed by atoms with van der Waals surface area (Å²) in [5.41, 5.74) is 0.426. The summed E-state index contributed by atoms with van der Waals surface area (Å²) in [5, 5.41) is 3.71. The molecular formula is C16H14ClN3O2S2. The lowest BCUT2D eigenvalue weighted by Crippen LogP contribution is -2.11. The van der Waals surface area contributed by atoms with Gasteiger partial charge in [-0.1, -0.05) is 42.0 Å². The van der Waals surface area contributed by atoms with Crippen LogP contribution >= 0.6 is 34.7 Å². The molecule has 2 heterocycles. The van der Waals surface area contributed by atoms with Crippen molar-refractivity contribution in [2.75, 3.05) is 5.32 Å². The second kappa shape index (κ2) is 7.83. The average molecular weight is 380 g/mol. The fourth-order valence-electron chi connectivity index (χ4n) is 1.90. The van der Waals surface area contributed by atoms with Crippen molar-refractivity contribution in [2.24, 2.45) is 0 Å². The number of halogens is 1. The molecule has 5 nitrogen and oxygen atoms in total. The van der Waals surface area contributed by atoms with E-state index in [-0.39, 0.29) is 5.91 Å². The van der Waals surface area contributed by atoms with Crippen molar-refractivity contribution in [1.29, 1.82) is 0 Å². The molecule has 124 valence electrons. The number of hydrogen-bond acceptors (Lipinski definition) is 6. The minimum atomic E-state index is -0.271. The van der Waals surface area contributed by atoms with E-state index in [1.165, 1.54) is 11.3 Å². The van der Waals surface area contributed by atoms with Crippen molar-refractivity contribution in [3.8, 4) is 0 Å². The minimum absolute atomic E-state index is 0.271. The SMILES string of the molecule is CCc1cnc(CSc2cnc(NC(=O)c3ccccc3Cl)s2)o1. The van der Waals surface area contributed by atoms with E-state index in [9.17, 15) is 4.79 Å². The second-order valence-electron chi connectivity index (χ2n) is 4.78. The first-order chi connectivity index (χ1) is 11.7. The number of carbonyl (C=O) groups excluding carboxylic acids is 1. The molecule has 0 radical (unpaired) electrons. The highest BCUT2D eigenvalue weighted by Gasteiger charge is 2.12. The van der Waals surface area contributed by atoms with Crippen LogP contribution in [-0.2, 0) is 12.2 Å². The van der Waals surface area contributed by atoms with Gasteiger partial charge in [0.05, 0.1) is 32.9 Å². The Hall–Kier alpha value is -1.83. The van der Waals surface area contributed by atoms with E-state index < -0.39 is 0 Å². The van der Waals surface area contributed by atoms with Gasteiger partial charge in [-0.05, 0) is 12.1 Å². The van der Waals surface area contributed by atoms with Crippen LogP contribution in [0.25, 0.3) is 0 Å². The van der Waals surface area contributed by atoms with E-state index in [4.69, 9.17) is 16.0 Å². The highest BCUT2D eigenvalue weighted by molar-refractivity contribution is 8.00. The van der Waals surface area contributed by atoms with E-state index in [2.05, 4.69) is 15.3 Å². The molecule has 0 aliphatic carbocycles. The van der Waals surface area contributed by atoms with Gasteiger partial charge >= 0.3 is 0 Å². The smallest absolute Gasteiger partial charge is 0.258 e. The molecule has 1 aromatic carbocycles. The molecule has 0 atom stereocenters. The van der Waals surface area contributed by atoms with Crippen LogP contribution in [0.1, 0.15) is 28.9 Å². The first-order valence-corrected chi connectivity index (χ1v) is 9.41. The van der Waals surface area contributed by atoms with Gasteiger partial charge in [0.2, 0.25) is 5.89 Å². The zero-order valence-electron chi connectivity index (χ0n) is 12.8. The maximum Gasteiger partial charge on any atom is 0.258 e. The Morgan fingerprint density at radius 3 is 2.92 bits per heavy atom. The minimum Gasteiger partial charge on any atom is -0.445 e. The molecule has 0 aliphatic rings. The number of amides is 1. The number of nitrogens with zero attached hydrogens (tertiary/aromatic N) is 2. The Balaban J connectivity index is 1.59. The molecule has 0 fully saturated rings. The molecule has 3 rings (SSSR count). The first kappa shape index (κ1) is 17.0. The molecular weight excluding hydrogens is 366 g/mol. The maximum absolute atomic E-state index is 12.2. The fourth-order valence-corrected chi connectivity index (χ4v) is 3.85. The van der Waals surface area contributed by atoms with Gasteiger partial charge in [0.1, 0.15) is 5.76 Å². The van der Waals surface area contributed by atoms with Crippen molar-refractivity contribution >= 4 is 45.7 Å². The highest BCUT2D eigenvalue weighted by atomic mass is 35.5. The summed E-state index contributed by atoms with van der Waals surface area (Å²) in [4.78, 5) is 20.6. The predicted octanol–water partition coefficient (Wildman–Crippen LogP) is 4.89. The molecule has 1 N–H and O–H groups in total. The highest BCUT2D eigenvalue weighted by Crippen LogP contribution is 2.31. The van der Waals surface area contributed by atoms with Gasteiger partial charge < -0.3 is 4.42 Å². The number of carbonyl (C=O) groups is 1. The van der Waals surface area contributed by atoms with Crippen molar-refractivity contribution in [1.82, 2.24) is 9.97 Å². The molecule has 0 bridgehead atoms. The number of thioether (sulfide) groups is 1. The zero-order chi connectivity index (χ0) is 16.9. The Kier molecular flexibility index (Phi) is 5.55. The molecule has 3 aromatic rings. The standard InChI is InChI=1S/C16H14ClN3O2S2/c1-2-10-7-18-13(22-10)9-23-14-8-19-16(24-14)20-15(21)11-5-3-4-6-12(11)17/h3-8H,2,9H2,1H3,(H,19,20,21). The van der Waals surface area contributed by atoms with Crippen LogP contribution in [-0.4, -0.2) is 15.9 Å². The fraction of sp³-hybridized carbons (Fsp3) is 0.188. The van der Waals surface area contributed by atoms with Crippen LogP contribution in [0, 0.1) is 0 Å². The number of aromatic nitrogens is 2. The third-order valence-corrected chi connectivity index (χ3v) is 5.53. The number of oxazole rings is 1. The van der Waals surface area contributed by atoms with Gasteiger partial charge in [-0.2, -0.15) is 0 Å². The summed E-state index contributed by atoms with van der Waals surface area (Å²) in [5.74, 6) is 1.92. The Morgan fingerprint density at radius 1 is 1.33 bits per heavy atom. The molecule has 0 saturated carbocycles. The molecule has 24 heavy (non-hydrogen) atoms. The van der Waals surface area contributed by atoms with Crippen LogP contribution < -0.4 is 5.32 Å². The lowest BCUT2D eigenvalue weighted by molar-refractivity contribution is 0.102. The molecule has 0 unspecified atom stereocenters. The molecule has 8 heteroatoms. The number of hydrogen-bond donors (Lipinski definition) is 1. The van der Waals surface area contributed by atoms with Crippen molar-refractivity contribution in [3.05, 3.63) is 58.9 Å². The van der Waals surface area contributed by atoms with Gasteiger partial charge in [-0.3, -0.25) is 10.1 Å². The van der Waals surface area contributed by atoms with Crippen LogP contribution in [0.3, 0.4) is 0 Å². The second-order valence-corrected chi connectivity index (χ2v) is 7.49. The van der Waals surface area contributed by atoms with Crippen molar-refractivity contribution in [3.63, 3.8) is 0 Å². The molecule has 0 spiro atoms. The van der Waals surface area contributed by atoms with Gasteiger partial charge in [-0.15, -0.1) is 11.8 Å². The molecule has 0 saturated heterocycles. The van der Waals surface area contributed by atoms with Gasteiger partial charge in [0.25, 0.3) is 5.91 Å². The van der Waals surface area contributed by atoms with Crippen LogP contribution in [0.4, 0.5) is 5.13 Å². The quantitative estimate of drug-likeness (QED) is 0.617. The van der Waals surface area contributed by atoms with Gasteiger partial charge in [0, 0.05) is 6.42 Å². The third-order valence-electron chi connectivity index (χ3n) is 3.11. The summed E-state index contributed by atoms with van der Waals surface area (Å²) in [6.07, 6.45) is 4.30. The number of benzene rings is 1. The summed E-state index contributed by atoms with van der Waals surface area (Å²) in [7, 11) is 0. The van der Waals surface area contributed by atoms with Crippen molar-refractivity contribution < 1.29 is 9.21 Å². The maximum atomic E-state index is 12.2. The Bertz CT molecular complexity index is 847. The third kappa shape index (κ3) is 4.17. The Labute approximate surface area is 152 Å². The van der Waals surface area contributed by atoms with Crippen LogP contribution in [0.15, 0.2) is 45.3 Å². The summed E-state index contributed by atoms with van der Waals surface area (Å²) >= 11 is 8.99. The van der Waals surface area contributed by atoms with Gasteiger partial charge in [0.15, 0.2) is 5.13 Å². The van der Waals surface area contributed by atoms with E-state index in [0.29, 0.717) is 27.4 Å². The predicted molar refractivity (Wildman–Crippen MR) is 97.0 cm³/mol. The normalized spacial score (nSPS) is 10.8. The van der Waals surface area contributed by atoms with E-state index in [1.807, 2.05) is 6.92 Å². The number of rotatable bonds is 6. The van der Waals surface area contributed by atoms with E-state index >= 15 is 0 Å². The lowest BCUT2D eigenvalue weighted by atomic mass is 10.2. The topological polar surface area (TPSA) is 68.0 Å². The van der Waals surface area contributed by atoms with E-state index in [0.717, 1.165) is 16.4 Å². The molecule has 0 aliphatic heterocycles. The van der Waals surface area contributed by atoms with Gasteiger partial charge in [-0.25, -0.2) is 9.97 Å². The average Bonchev–Trinajstić information content (AvgIpc) is 3.22. The Morgan fingerprint density at radius 2 is 2.17 bits per heavy atom. The lowest BCUT2D eigenvalue weighted by Gasteiger charge is -2.03. The van der Waals surface area contributed by atoms with Crippen LogP contribution in [0.2, 0.25) is 5.02 Å². The number of thiazole rings is 1. The van der Waals surface area contributed by atoms with Crippen molar-refractivity contribution in [2.45, 2.75) is 23.3 Å². The summed E-state index contributed by atoms with van der Waals surface area (Å²) in [6.45, 7) is 2.02. The van der Waals surface area contributed by atoms with Crippen LogP contribution in [0.5, 0.6) is 0 Å². The monoisotopic (exact) mass is 379 g/mol. The number of nitrogens with one attached hydrogen (secondary N) is 1. The number of anilines is 1. The number of aryl methyl sites for hydroxylation is 1. The largest absolute Gasteiger partial charge is 0.445 e. The molecule has 2 aromatic heterocycles. The first-order valence-electron chi connectivity index (χ1n) is 7.23. The summed E-state index contributed by atoms with van der Waals surface area (Å²) in [6, 6.07) is 6.91. The molecule has 1 amide bonds. The summed E-state index contributed by atoms with van der Waals surface area (Å²) < 4.78 is 6.54.